The van der Waals surface area contributed by atoms with E-state index in [1.165, 1.54) is 0 Å². The van der Waals surface area contributed by atoms with Crippen LogP contribution in [0.5, 0.6) is 0 Å². The third-order valence-corrected chi connectivity index (χ3v) is 10.6. The number of hydrogen-bond donors (Lipinski definition) is 2. The second-order valence-corrected chi connectivity index (χ2v) is 17.5. The zero-order valence-corrected chi connectivity index (χ0v) is 37.5. The van der Waals surface area contributed by atoms with Gasteiger partial charge in [0.05, 0.1) is 40.0 Å². The number of carbonyl (C=O) groups excluding carboxylic acids is 3. The minimum atomic E-state index is -4.71. The van der Waals surface area contributed by atoms with E-state index in [2.05, 4.69) is 62.5 Å². The fourth-order valence-corrected chi connectivity index (χ4v) is 6.82. The van der Waals surface area contributed by atoms with E-state index in [-0.39, 0.29) is 44.2 Å². The predicted octanol–water partition coefficient (Wildman–Crippen LogP) is 8.19. The Morgan fingerprint density at radius 2 is 1.46 bits per heavy atom. The van der Waals surface area contributed by atoms with E-state index in [1.54, 1.807) is 12.2 Å². The SMILES string of the molecule is CC/C=C\C/C=C\C/C=C\C/C=C\CCCCC(=O)O[C@H](COC(=O)CCC/C=C\C[C@H]1[C@@H](O)CC(=O)[C@@H]1/C=C/[C@@H](O)CCCCC)COP(=O)([O-])OCC[N+](C)(C)C. The largest absolute Gasteiger partial charge is 0.756 e. The van der Waals surface area contributed by atoms with Crippen molar-refractivity contribution >= 4 is 25.5 Å². The molecule has 1 aliphatic rings. The summed E-state index contributed by atoms with van der Waals surface area (Å²) in [6.45, 7) is 3.62. The maximum Gasteiger partial charge on any atom is 0.306 e. The predicted molar refractivity (Wildman–Crippen MR) is 232 cm³/mol. The fourth-order valence-electron chi connectivity index (χ4n) is 6.09. The molecule has 0 bridgehead atoms. The summed E-state index contributed by atoms with van der Waals surface area (Å²) in [5.41, 5.74) is 0. The van der Waals surface area contributed by atoms with Gasteiger partial charge >= 0.3 is 11.9 Å². The quantitative estimate of drug-likeness (QED) is 0.0211. The number of unbranched alkanes of at least 4 members (excludes halogenated alkanes) is 5. The summed E-state index contributed by atoms with van der Waals surface area (Å²) >= 11 is 0. The minimum absolute atomic E-state index is 0.0341. The number of rotatable bonds is 34. The molecule has 0 heterocycles. The molecule has 13 heteroatoms. The van der Waals surface area contributed by atoms with Gasteiger partial charge < -0.3 is 38.1 Å². The Balaban J connectivity index is 2.56. The molecule has 0 amide bonds. The number of phosphoric acid groups is 1. The monoisotopic (exact) mass is 850 g/mol. The fraction of sp³-hybridized carbons (Fsp3) is 0.674. The molecule has 1 unspecified atom stereocenters. The number of likely N-dealkylation sites (N-methyl/N-ethyl adjacent to an activating group) is 1. The van der Waals surface area contributed by atoms with Crippen molar-refractivity contribution in [1.29, 1.82) is 0 Å². The van der Waals surface area contributed by atoms with Crippen LogP contribution in [0.2, 0.25) is 0 Å². The highest BCUT2D eigenvalue weighted by atomic mass is 31.2. The van der Waals surface area contributed by atoms with E-state index in [1.807, 2.05) is 33.3 Å². The zero-order chi connectivity index (χ0) is 43.8. The lowest BCUT2D eigenvalue weighted by Crippen LogP contribution is -2.37. The first-order valence-corrected chi connectivity index (χ1v) is 23.2. The second-order valence-electron chi connectivity index (χ2n) is 16.1. The molecular formula is C46H76NO11P. The average molecular weight is 850 g/mol. The molecule has 6 atom stereocenters. The Bertz CT molecular complexity index is 1400. The highest BCUT2D eigenvalue weighted by molar-refractivity contribution is 7.45. The van der Waals surface area contributed by atoms with E-state index < -0.39 is 50.6 Å². The van der Waals surface area contributed by atoms with Gasteiger partial charge in [0, 0.05) is 31.1 Å². The van der Waals surface area contributed by atoms with Crippen LogP contribution in [0.3, 0.4) is 0 Å². The zero-order valence-electron chi connectivity index (χ0n) is 36.6. The normalized spacial score (nSPS) is 19.9. The van der Waals surface area contributed by atoms with Crippen molar-refractivity contribution in [2.24, 2.45) is 11.8 Å². The molecule has 0 aliphatic heterocycles. The summed E-state index contributed by atoms with van der Waals surface area (Å²) < 4.78 is 33.7. The van der Waals surface area contributed by atoms with E-state index in [0.29, 0.717) is 43.1 Å². The molecule has 0 aromatic carbocycles. The first-order chi connectivity index (χ1) is 28.2. The summed E-state index contributed by atoms with van der Waals surface area (Å²) in [7, 11) is 0.978. The van der Waals surface area contributed by atoms with Crippen LogP contribution in [0.4, 0.5) is 0 Å². The van der Waals surface area contributed by atoms with E-state index in [0.717, 1.165) is 57.8 Å². The van der Waals surface area contributed by atoms with Crippen LogP contribution in [-0.4, -0.2) is 98.2 Å². The molecule has 1 fully saturated rings. The maximum absolute atomic E-state index is 12.7. The highest BCUT2D eigenvalue weighted by Gasteiger charge is 2.39. The summed E-state index contributed by atoms with van der Waals surface area (Å²) in [6, 6.07) is 0. The third-order valence-electron chi connectivity index (χ3n) is 9.59. The Labute approximate surface area is 355 Å². The molecular weight excluding hydrogens is 773 g/mol. The van der Waals surface area contributed by atoms with Gasteiger partial charge in [0.25, 0.3) is 7.82 Å². The average Bonchev–Trinajstić information content (AvgIpc) is 3.44. The lowest BCUT2D eigenvalue weighted by molar-refractivity contribution is -0.870. The van der Waals surface area contributed by atoms with Crippen LogP contribution in [-0.2, 0) is 37.5 Å². The molecule has 0 radical (unpaired) electrons. The standard InChI is InChI=1S/C46H76NO11P/c1-6-8-10-11-12-13-14-15-16-17-18-19-20-21-27-31-46(52)58-40(38-57-59(53,54)56-35-34-47(3,4)5)37-55-45(51)30-26-23-22-25-29-41-42(44(50)36-43(41)49)33-32-39(48)28-24-9-7-2/h8,10,12-13,15-16,18-19,22,25,32-33,39-43,48-49H,6-7,9,11,14,17,20-21,23-24,26-31,34-38H2,1-5H3/b10-8-,13-12-,16-15-,19-18-,25-22-,33-32+/t39-,40+,41+,42+,43-/m0/s1. The van der Waals surface area contributed by atoms with Gasteiger partial charge in [-0.1, -0.05) is 106 Å². The van der Waals surface area contributed by atoms with Crippen LogP contribution in [0.25, 0.3) is 0 Å². The number of ether oxygens (including phenoxy) is 2. The number of ketones is 1. The first kappa shape index (κ1) is 54.1. The number of aliphatic hydroxyl groups is 2. The van der Waals surface area contributed by atoms with Gasteiger partial charge in [-0.15, -0.1) is 0 Å². The van der Waals surface area contributed by atoms with Crippen molar-refractivity contribution in [3.05, 3.63) is 72.9 Å². The number of hydrogen-bond acceptors (Lipinski definition) is 11. The molecule has 0 aromatic rings. The van der Waals surface area contributed by atoms with Crippen molar-refractivity contribution in [3.8, 4) is 0 Å². The van der Waals surface area contributed by atoms with Crippen LogP contribution in [0.1, 0.15) is 123 Å². The molecule has 0 aromatic heterocycles. The number of phosphoric ester groups is 1. The van der Waals surface area contributed by atoms with Crippen LogP contribution < -0.4 is 4.89 Å². The van der Waals surface area contributed by atoms with E-state index in [4.69, 9.17) is 18.5 Å². The van der Waals surface area contributed by atoms with Gasteiger partial charge in [0.1, 0.15) is 25.5 Å². The lowest BCUT2D eigenvalue weighted by atomic mass is 9.90. The van der Waals surface area contributed by atoms with Gasteiger partial charge in [-0.2, -0.15) is 0 Å². The van der Waals surface area contributed by atoms with Gasteiger partial charge in [0.2, 0.25) is 0 Å². The van der Waals surface area contributed by atoms with Crippen LogP contribution >= 0.6 is 7.82 Å². The number of carbonyl (C=O) groups is 3. The molecule has 0 spiro atoms. The highest BCUT2D eigenvalue weighted by Crippen LogP contribution is 2.38. The summed E-state index contributed by atoms with van der Waals surface area (Å²) in [4.78, 5) is 50.2. The van der Waals surface area contributed by atoms with Gasteiger partial charge in [-0.3, -0.25) is 18.9 Å². The number of Topliss-reactive ketones (excluding diaryl/α,β-unsaturated/α-hetero) is 1. The number of nitrogens with zero attached hydrogens (tertiary/aromatic N) is 1. The number of esters is 2. The van der Waals surface area contributed by atoms with Gasteiger partial charge in [-0.05, 0) is 70.6 Å². The van der Waals surface area contributed by atoms with Crippen molar-refractivity contribution in [1.82, 2.24) is 0 Å². The lowest BCUT2D eigenvalue weighted by Gasteiger charge is -2.28. The molecule has 336 valence electrons. The summed E-state index contributed by atoms with van der Waals surface area (Å²) in [5.74, 6) is -1.85. The molecule has 0 saturated heterocycles. The van der Waals surface area contributed by atoms with Crippen molar-refractivity contribution < 1.29 is 57.1 Å². The number of quaternary nitrogens is 1. The first-order valence-electron chi connectivity index (χ1n) is 21.7. The Kier molecular flexibility index (Phi) is 30.0. The minimum Gasteiger partial charge on any atom is -0.756 e. The number of allylic oxidation sites excluding steroid dienone is 11. The third kappa shape index (κ3) is 29.8. The Hall–Kier alpha value is -2.96. The molecule has 1 saturated carbocycles. The van der Waals surface area contributed by atoms with Crippen LogP contribution in [0, 0.1) is 11.8 Å². The van der Waals surface area contributed by atoms with Crippen molar-refractivity contribution in [2.45, 2.75) is 141 Å². The van der Waals surface area contributed by atoms with Gasteiger partial charge in [-0.25, -0.2) is 0 Å². The Morgan fingerprint density at radius 1 is 0.831 bits per heavy atom. The van der Waals surface area contributed by atoms with Gasteiger partial charge in [0.15, 0.2) is 6.10 Å². The molecule has 1 aliphatic carbocycles. The van der Waals surface area contributed by atoms with Crippen molar-refractivity contribution in [3.63, 3.8) is 0 Å². The molecule has 59 heavy (non-hydrogen) atoms. The van der Waals surface area contributed by atoms with E-state index in [9.17, 15) is 34.1 Å². The van der Waals surface area contributed by atoms with Crippen LogP contribution in [0.15, 0.2) is 72.9 Å². The Morgan fingerprint density at radius 3 is 2.12 bits per heavy atom. The smallest absolute Gasteiger partial charge is 0.306 e. The maximum atomic E-state index is 12.7. The van der Waals surface area contributed by atoms with E-state index >= 15 is 0 Å². The topological polar surface area (TPSA) is 169 Å². The molecule has 2 N–H and O–H groups in total. The number of aliphatic hydroxyl groups excluding tert-OH is 2. The summed E-state index contributed by atoms with van der Waals surface area (Å²) in [5, 5.41) is 20.7. The van der Waals surface area contributed by atoms with Crippen molar-refractivity contribution in [2.75, 3.05) is 47.5 Å². The summed E-state index contributed by atoms with van der Waals surface area (Å²) in [6.07, 6.45) is 33.1. The second kappa shape index (κ2) is 32.8. The molecule has 12 nitrogen and oxygen atoms in total. The molecule has 1 rings (SSSR count).